The second-order valence-corrected chi connectivity index (χ2v) is 9.01. The van der Waals surface area contributed by atoms with Crippen LogP contribution in [0.3, 0.4) is 0 Å². The molecule has 4 aromatic rings. The Labute approximate surface area is 208 Å². The van der Waals surface area contributed by atoms with Gasteiger partial charge in [-0.15, -0.1) is 5.10 Å². The van der Waals surface area contributed by atoms with E-state index >= 15 is 0 Å². The Balaban J connectivity index is 1.32. The predicted molar refractivity (Wildman–Crippen MR) is 132 cm³/mol. The van der Waals surface area contributed by atoms with Gasteiger partial charge in [-0.3, -0.25) is 4.98 Å². The smallest absolute Gasteiger partial charge is 0.193 e. The van der Waals surface area contributed by atoms with Crippen LogP contribution in [0.1, 0.15) is 28.9 Å². The molecule has 5 rings (SSSR count). The van der Waals surface area contributed by atoms with Crippen molar-refractivity contribution in [3.8, 4) is 22.8 Å². The fourth-order valence-corrected chi connectivity index (χ4v) is 4.14. The minimum atomic E-state index is -0.721. The fourth-order valence-electron chi connectivity index (χ4n) is 4.14. The molecular formula is C26H28FN7O2. The maximum atomic E-state index is 14.9. The highest BCUT2D eigenvalue weighted by Crippen LogP contribution is 2.28. The molecule has 0 amide bonds. The molecule has 1 aliphatic rings. The number of benzene rings is 1. The van der Waals surface area contributed by atoms with Gasteiger partial charge in [0.2, 0.25) is 0 Å². The van der Waals surface area contributed by atoms with Gasteiger partial charge in [0.1, 0.15) is 11.4 Å². The fraction of sp³-hybridized carbons (Fsp3) is 0.346. The number of rotatable bonds is 8. The number of nitrogen functional groups attached to an aromatic ring is 1. The van der Waals surface area contributed by atoms with Crippen LogP contribution in [0.5, 0.6) is 0 Å². The van der Waals surface area contributed by atoms with Gasteiger partial charge in [-0.25, -0.2) is 19.0 Å². The van der Waals surface area contributed by atoms with Crippen LogP contribution in [0.4, 0.5) is 10.2 Å². The molecule has 186 valence electrons. The molecular weight excluding hydrogens is 461 g/mol. The maximum absolute atomic E-state index is 14.9. The van der Waals surface area contributed by atoms with Crippen LogP contribution in [-0.2, 0) is 22.6 Å². The number of nitrogens with zero attached hydrogens (tertiary/aromatic N) is 6. The summed E-state index contributed by atoms with van der Waals surface area (Å²) in [6.45, 7) is 6.99. The number of pyridine rings is 1. The van der Waals surface area contributed by atoms with Crippen molar-refractivity contribution in [1.29, 1.82) is 0 Å². The Morgan fingerprint density at radius 2 is 1.94 bits per heavy atom. The number of ether oxygens (including phenoxy) is 2. The first kappa shape index (κ1) is 24.0. The highest BCUT2D eigenvalue weighted by Gasteiger charge is 2.19. The normalized spacial score (nSPS) is 15.5. The average molecular weight is 490 g/mol. The van der Waals surface area contributed by atoms with Gasteiger partial charge in [0.05, 0.1) is 44.0 Å². The number of nitrogens with two attached hydrogens (primary N) is 1. The first-order chi connectivity index (χ1) is 17.5. The second-order valence-electron chi connectivity index (χ2n) is 9.01. The van der Waals surface area contributed by atoms with Gasteiger partial charge >= 0.3 is 0 Å². The van der Waals surface area contributed by atoms with Crippen molar-refractivity contribution in [2.45, 2.75) is 33.4 Å². The van der Waals surface area contributed by atoms with E-state index in [0.29, 0.717) is 31.5 Å². The Bertz CT molecular complexity index is 1370. The molecule has 0 bridgehead atoms. The third-order valence-electron chi connectivity index (χ3n) is 6.32. The van der Waals surface area contributed by atoms with E-state index in [9.17, 15) is 4.39 Å². The Morgan fingerprint density at radius 1 is 1.11 bits per heavy atom. The molecule has 0 saturated carbocycles. The number of hydrogen-bond donors (Lipinski definition) is 1. The predicted octanol–water partition coefficient (Wildman–Crippen LogP) is 3.74. The molecule has 2 N–H and O–H groups in total. The zero-order valence-electron chi connectivity index (χ0n) is 20.3. The van der Waals surface area contributed by atoms with Crippen LogP contribution in [0.2, 0.25) is 0 Å². The van der Waals surface area contributed by atoms with E-state index in [1.807, 2.05) is 50.2 Å². The molecule has 1 fully saturated rings. The number of anilines is 1. The molecule has 4 heterocycles. The number of aromatic nitrogens is 6. The van der Waals surface area contributed by atoms with E-state index in [2.05, 4.69) is 25.3 Å². The van der Waals surface area contributed by atoms with E-state index in [-0.39, 0.29) is 17.2 Å². The quantitative estimate of drug-likeness (QED) is 0.398. The lowest BCUT2D eigenvalue weighted by Gasteiger charge is -2.10. The summed E-state index contributed by atoms with van der Waals surface area (Å²) >= 11 is 0. The third-order valence-corrected chi connectivity index (χ3v) is 6.32. The van der Waals surface area contributed by atoms with Gasteiger partial charge in [-0.2, -0.15) is 0 Å². The third kappa shape index (κ3) is 5.24. The summed E-state index contributed by atoms with van der Waals surface area (Å²) < 4.78 is 27.7. The van der Waals surface area contributed by atoms with Crippen LogP contribution < -0.4 is 5.73 Å². The lowest BCUT2D eigenvalue weighted by atomic mass is 10.0. The Hall–Kier alpha value is -3.76. The molecule has 0 aliphatic carbocycles. The molecule has 0 spiro atoms. The van der Waals surface area contributed by atoms with Crippen molar-refractivity contribution in [1.82, 2.24) is 29.9 Å². The van der Waals surface area contributed by atoms with Gasteiger partial charge in [-0.05, 0) is 43.5 Å². The topological polar surface area (TPSA) is 114 Å². The number of hydrogen-bond acceptors (Lipinski definition) is 8. The summed E-state index contributed by atoms with van der Waals surface area (Å²) in [5.41, 5.74) is 10.7. The van der Waals surface area contributed by atoms with Gasteiger partial charge in [0.15, 0.2) is 17.5 Å². The second kappa shape index (κ2) is 10.5. The first-order valence-corrected chi connectivity index (χ1v) is 11.9. The van der Waals surface area contributed by atoms with Crippen molar-refractivity contribution in [3.05, 3.63) is 70.9 Å². The van der Waals surface area contributed by atoms with E-state index < -0.39 is 5.82 Å². The van der Waals surface area contributed by atoms with Crippen LogP contribution in [0, 0.1) is 25.6 Å². The summed E-state index contributed by atoms with van der Waals surface area (Å²) in [5.74, 6) is -0.156. The molecule has 1 aliphatic heterocycles. The van der Waals surface area contributed by atoms with Crippen LogP contribution in [0.25, 0.3) is 22.8 Å². The molecule has 1 atom stereocenters. The average Bonchev–Trinajstić information content (AvgIpc) is 3.55. The van der Waals surface area contributed by atoms with Crippen LogP contribution in [0.15, 0.2) is 42.6 Å². The summed E-state index contributed by atoms with van der Waals surface area (Å²) in [7, 11) is 0. The molecule has 0 radical (unpaired) electrons. The molecule has 1 unspecified atom stereocenters. The van der Waals surface area contributed by atoms with E-state index in [1.54, 1.807) is 10.9 Å². The van der Waals surface area contributed by atoms with E-state index in [0.717, 1.165) is 47.7 Å². The SMILES string of the molecule is Cc1cccc(-c2nc(N)c(F)c(-c3cn(Cc4cccc(COCC5CCOC5)n4)nn3)n2)c1C. The molecule has 9 nitrogen and oxygen atoms in total. The highest BCUT2D eigenvalue weighted by atomic mass is 19.1. The van der Waals surface area contributed by atoms with Gasteiger partial charge in [0, 0.05) is 18.1 Å². The molecule has 10 heteroatoms. The largest absolute Gasteiger partial charge is 0.381 e. The van der Waals surface area contributed by atoms with E-state index in [1.165, 1.54) is 0 Å². The summed E-state index contributed by atoms with van der Waals surface area (Å²) in [6, 6.07) is 11.6. The van der Waals surface area contributed by atoms with Crippen molar-refractivity contribution in [2.24, 2.45) is 5.92 Å². The summed E-state index contributed by atoms with van der Waals surface area (Å²) in [6.07, 6.45) is 2.66. The summed E-state index contributed by atoms with van der Waals surface area (Å²) in [5, 5.41) is 8.29. The minimum Gasteiger partial charge on any atom is -0.381 e. The highest BCUT2D eigenvalue weighted by molar-refractivity contribution is 5.67. The number of halogens is 1. The molecule has 36 heavy (non-hydrogen) atoms. The number of aryl methyl sites for hydroxylation is 1. The zero-order chi connectivity index (χ0) is 25.1. The first-order valence-electron chi connectivity index (χ1n) is 11.9. The van der Waals surface area contributed by atoms with Crippen molar-refractivity contribution >= 4 is 5.82 Å². The Morgan fingerprint density at radius 3 is 2.78 bits per heavy atom. The minimum absolute atomic E-state index is 0.00987. The van der Waals surface area contributed by atoms with Crippen LogP contribution >= 0.6 is 0 Å². The molecule has 3 aromatic heterocycles. The summed E-state index contributed by atoms with van der Waals surface area (Å²) in [4.78, 5) is 13.3. The van der Waals surface area contributed by atoms with Gasteiger partial charge in [-0.1, -0.05) is 29.5 Å². The van der Waals surface area contributed by atoms with Gasteiger partial charge < -0.3 is 15.2 Å². The lowest BCUT2D eigenvalue weighted by molar-refractivity contribution is 0.0772. The maximum Gasteiger partial charge on any atom is 0.193 e. The standard InChI is InChI=1S/C26H28FN7O2/c1-16-5-3-8-21(17(16)2)26-30-24(23(27)25(28)31-26)22-12-34(33-32-22)11-19-6-4-7-20(29-19)15-36-14-18-9-10-35-13-18/h3-8,12,18H,9-11,13-15H2,1-2H3,(H2,28,30,31). The van der Waals surface area contributed by atoms with Crippen molar-refractivity contribution < 1.29 is 13.9 Å². The lowest BCUT2D eigenvalue weighted by Crippen LogP contribution is -2.10. The van der Waals surface area contributed by atoms with Crippen LogP contribution in [-0.4, -0.2) is 49.8 Å². The van der Waals surface area contributed by atoms with E-state index in [4.69, 9.17) is 15.2 Å². The van der Waals surface area contributed by atoms with Crippen molar-refractivity contribution in [2.75, 3.05) is 25.6 Å². The Kier molecular flexibility index (Phi) is 6.97. The van der Waals surface area contributed by atoms with Crippen molar-refractivity contribution in [3.63, 3.8) is 0 Å². The molecule has 1 saturated heterocycles. The van der Waals surface area contributed by atoms with Gasteiger partial charge in [0.25, 0.3) is 0 Å². The monoisotopic (exact) mass is 489 g/mol. The molecule has 1 aromatic carbocycles. The zero-order valence-corrected chi connectivity index (χ0v) is 20.3.